The molecule has 0 saturated heterocycles. The van der Waals surface area contributed by atoms with Gasteiger partial charge in [-0.2, -0.15) is 0 Å². The number of pyridine rings is 1. The lowest BCUT2D eigenvalue weighted by molar-refractivity contribution is -0.384. The normalized spacial score (nSPS) is 10.7. The summed E-state index contributed by atoms with van der Waals surface area (Å²) in [6.07, 6.45) is 1.53. The molecule has 0 spiro atoms. The lowest BCUT2D eigenvalue weighted by atomic mass is 10.4. The van der Waals surface area contributed by atoms with Crippen molar-refractivity contribution in [3.63, 3.8) is 0 Å². The second kappa shape index (κ2) is 8.03. The van der Waals surface area contributed by atoms with Gasteiger partial charge in [0, 0.05) is 43.5 Å². The van der Waals surface area contributed by atoms with Crippen molar-refractivity contribution in [3.05, 3.63) is 26.9 Å². The Kier molecular flexibility index (Phi) is 6.68. The van der Waals surface area contributed by atoms with Gasteiger partial charge in [0.15, 0.2) is 0 Å². The first kappa shape index (κ1) is 15.8. The lowest BCUT2D eigenvalue weighted by Gasteiger charge is -2.16. The van der Waals surface area contributed by atoms with Gasteiger partial charge in [-0.05, 0) is 23.0 Å². The summed E-state index contributed by atoms with van der Waals surface area (Å²) in [6.45, 7) is 2.80. The van der Waals surface area contributed by atoms with Crippen molar-refractivity contribution in [2.45, 2.75) is 0 Å². The first-order chi connectivity index (χ1) is 9.04. The fraction of sp³-hybridized carbons (Fsp3) is 0.545. The number of nitrogens with zero attached hydrogens (tertiary/aromatic N) is 3. The molecule has 8 heteroatoms. The zero-order valence-electron chi connectivity index (χ0n) is 10.9. The molecule has 0 amide bonds. The Balaban J connectivity index is 2.51. The molecule has 7 nitrogen and oxygen atoms in total. The van der Waals surface area contributed by atoms with Crippen molar-refractivity contribution < 1.29 is 9.66 Å². The number of ether oxygens (including phenoxy) is 1. The standard InChI is InChI=1S/C11H17BrN4O3/c1-15(5-6-19-2)4-3-13-11-10(16(17)18)7-9(12)8-14-11/h7-8H,3-6H2,1-2H3,(H,13,14). The van der Waals surface area contributed by atoms with Crippen molar-refractivity contribution in [2.75, 3.05) is 45.7 Å². The van der Waals surface area contributed by atoms with Gasteiger partial charge in [0.1, 0.15) is 0 Å². The summed E-state index contributed by atoms with van der Waals surface area (Å²) < 4.78 is 5.56. The van der Waals surface area contributed by atoms with Crippen LogP contribution in [-0.2, 0) is 4.74 Å². The highest BCUT2D eigenvalue weighted by Crippen LogP contribution is 2.24. The van der Waals surface area contributed by atoms with E-state index in [9.17, 15) is 10.1 Å². The molecule has 1 aromatic rings. The lowest BCUT2D eigenvalue weighted by Crippen LogP contribution is -2.28. The molecule has 106 valence electrons. The van der Waals surface area contributed by atoms with E-state index in [0.29, 0.717) is 17.6 Å². The van der Waals surface area contributed by atoms with Crippen molar-refractivity contribution >= 4 is 27.4 Å². The zero-order chi connectivity index (χ0) is 14.3. The molecule has 0 fully saturated rings. The summed E-state index contributed by atoms with van der Waals surface area (Å²) >= 11 is 3.17. The van der Waals surface area contributed by atoms with Crippen molar-refractivity contribution in [1.82, 2.24) is 9.88 Å². The summed E-state index contributed by atoms with van der Waals surface area (Å²) in [5.74, 6) is 0.286. The molecule has 0 aliphatic heterocycles. The quantitative estimate of drug-likeness (QED) is 0.577. The number of hydrogen-bond donors (Lipinski definition) is 1. The fourth-order valence-corrected chi connectivity index (χ4v) is 1.75. The minimum atomic E-state index is -0.450. The highest BCUT2D eigenvalue weighted by molar-refractivity contribution is 9.10. The highest BCUT2D eigenvalue weighted by atomic mass is 79.9. The molecule has 19 heavy (non-hydrogen) atoms. The molecule has 1 heterocycles. The third kappa shape index (κ3) is 5.50. The molecule has 0 aromatic carbocycles. The van der Waals surface area contributed by atoms with Crippen LogP contribution in [0.1, 0.15) is 0 Å². The van der Waals surface area contributed by atoms with Gasteiger partial charge >= 0.3 is 5.69 Å². The van der Waals surface area contributed by atoms with Crippen LogP contribution in [0.3, 0.4) is 0 Å². The van der Waals surface area contributed by atoms with Crippen molar-refractivity contribution in [1.29, 1.82) is 0 Å². The average Bonchev–Trinajstić information content (AvgIpc) is 2.37. The van der Waals surface area contributed by atoms with Gasteiger partial charge in [-0.1, -0.05) is 0 Å². The number of nitro groups is 1. The smallest absolute Gasteiger partial charge is 0.312 e. The molecule has 0 aliphatic carbocycles. The largest absolute Gasteiger partial charge is 0.383 e. The second-order valence-corrected chi connectivity index (χ2v) is 4.92. The summed E-state index contributed by atoms with van der Waals surface area (Å²) in [4.78, 5) is 16.5. The van der Waals surface area contributed by atoms with E-state index < -0.39 is 4.92 Å². The number of halogens is 1. The minimum Gasteiger partial charge on any atom is -0.383 e. The third-order valence-corrected chi connectivity index (χ3v) is 2.93. The van der Waals surface area contributed by atoms with Crippen LogP contribution in [0.5, 0.6) is 0 Å². The molecule has 0 bridgehead atoms. The van der Waals surface area contributed by atoms with E-state index in [2.05, 4.69) is 31.1 Å². The fourth-order valence-electron chi connectivity index (χ4n) is 1.43. The molecule has 0 saturated carbocycles. The third-order valence-electron chi connectivity index (χ3n) is 2.49. The number of nitrogens with one attached hydrogen (secondary N) is 1. The van der Waals surface area contributed by atoms with Crippen molar-refractivity contribution in [2.24, 2.45) is 0 Å². The van der Waals surface area contributed by atoms with Gasteiger partial charge in [0.25, 0.3) is 0 Å². The summed E-state index contributed by atoms with van der Waals surface area (Å²) in [6, 6.07) is 1.43. The van der Waals surface area contributed by atoms with E-state index in [1.54, 1.807) is 7.11 Å². The summed E-state index contributed by atoms with van der Waals surface area (Å²) in [7, 11) is 3.62. The van der Waals surface area contributed by atoms with Gasteiger partial charge in [-0.3, -0.25) is 10.1 Å². The van der Waals surface area contributed by atoms with Crippen LogP contribution in [0.2, 0.25) is 0 Å². The maximum Gasteiger partial charge on any atom is 0.312 e. The number of hydrogen-bond acceptors (Lipinski definition) is 6. The molecule has 0 unspecified atom stereocenters. The van der Waals surface area contributed by atoms with E-state index >= 15 is 0 Å². The predicted molar refractivity (Wildman–Crippen MR) is 76.5 cm³/mol. The van der Waals surface area contributed by atoms with Crippen LogP contribution in [0.4, 0.5) is 11.5 Å². The molecule has 1 rings (SSSR count). The Hall–Kier alpha value is -1.25. The minimum absolute atomic E-state index is 0.0334. The molecule has 1 aromatic heterocycles. The number of anilines is 1. The Morgan fingerprint density at radius 3 is 2.95 bits per heavy atom. The van der Waals surface area contributed by atoms with E-state index in [0.717, 1.165) is 13.1 Å². The van der Waals surface area contributed by atoms with Crippen LogP contribution in [0.15, 0.2) is 16.7 Å². The van der Waals surface area contributed by atoms with Crippen LogP contribution in [-0.4, -0.2) is 55.2 Å². The summed E-state index contributed by atoms with van der Waals surface area (Å²) in [5.41, 5.74) is -0.0334. The van der Waals surface area contributed by atoms with Gasteiger partial charge in [-0.15, -0.1) is 0 Å². The monoisotopic (exact) mass is 332 g/mol. The van der Waals surface area contributed by atoms with E-state index in [4.69, 9.17) is 4.74 Å². The Bertz CT molecular complexity index is 430. The van der Waals surface area contributed by atoms with Crippen molar-refractivity contribution in [3.8, 4) is 0 Å². The Labute approximate surface area is 120 Å². The topological polar surface area (TPSA) is 80.5 Å². The number of likely N-dealkylation sites (N-methyl/N-ethyl adjacent to an activating group) is 1. The maximum absolute atomic E-state index is 10.9. The Morgan fingerprint density at radius 1 is 1.58 bits per heavy atom. The summed E-state index contributed by atoms with van der Waals surface area (Å²) in [5, 5.41) is 13.9. The van der Waals surface area contributed by atoms with Gasteiger partial charge in [0.05, 0.1) is 11.5 Å². The Morgan fingerprint density at radius 2 is 2.32 bits per heavy atom. The molecule has 1 N–H and O–H groups in total. The van der Waals surface area contributed by atoms with Crippen LogP contribution >= 0.6 is 15.9 Å². The van der Waals surface area contributed by atoms with E-state index in [1.807, 2.05) is 7.05 Å². The van der Waals surface area contributed by atoms with Crippen LogP contribution in [0, 0.1) is 10.1 Å². The van der Waals surface area contributed by atoms with E-state index in [-0.39, 0.29) is 11.5 Å². The first-order valence-electron chi connectivity index (χ1n) is 5.76. The second-order valence-electron chi connectivity index (χ2n) is 4.00. The number of rotatable bonds is 8. The average molecular weight is 333 g/mol. The molecule has 0 radical (unpaired) electrons. The van der Waals surface area contributed by atoms with Gasteiger partial charge in [0.2, 0.25) is 5.82 Å². The molecular weight excluding hydrogens is 316 g/mol. The molecule has 0 atom stereocenters. The van der Waals surface area contributed by atoms with E-state index in [1.165, 1.54) is 12.3 Å². The molecular formula is C11H17BrN4O3. The number of methoxy groups -OCH3 is 1. The first-order valence-corrected chi connectivity index (χ1v) is 6.55. The molecule has 0 aliphatic rings. The number of aromatic nitrogens is 1. The maximum atomic E-state index is 10.9. The zero-order valence-corrected chi connectivity index (χ0v) is 12.5. The van der Waals surface area contributed by atoms with Crippen LogP contribution < -0.4 is 5.32 Å². The predicted octanol–water partition coefficient (Wildman–Crippen LogP) is 1.74. The van der Waals surface area contributed by atoms with Crippen LogP contribution in [0.25, 0.3) is 0 Å². The van der Waals surface area contributed by atoms with Gasteiger partial charge in [-0.25, -0.2) is 4.98 Å². The van der Waals surface area contributed by atoms with Gasteiger partial charge < -0.3 is 15.0 Å². The highest BCUT2D eigenvalue weighted by Gasteiger charge is 2.15. The SMILES string of the molecule is COCCN(C)CCNc1ncc(Br)cc1[N+](=O)[O-].